The van der Waals surface area contributed by atoms with E-state index in [0.29, 0.717) is 16.7 Å². The van der Waals surface area contributed by atoms with Crippen molar-refractivity contribution in [1.82, 2.24) is 4.72 Å². The summed E-state index contributed by atoms with van der Waals surface area (Å²) in [6.45, 7) is 7.24. The van der Waals surface area contributed by atoms with E-state index < -0.39 is 16.6 Å². The first-order chi connectivity index (χ1) is 12.3. The SMILES string of the molecule is CC(C)SNCC(C)c1ccc(-c2ccc(C(=O)O)c([N+](=O)[O-])c2)cc1. The molecule has 2 rings (SSSR count). The summed E-state index contributed by atoms with van der Waals surface area (Å²) in [5.41, 5.74) is 1.89. The predicted molar refractivity (Wildman–Crippen MR) is 105 cm³/mol. The molecule has 0 aliphatic carbocycles. The number of aromatic carboxylic acids is 1. The van der Waals surface area contributed by atoms with Crippen molar-refractivity contribution in [2.24, 2.45) is 0 Å². The third kappa shape index (κ3) is 5.06. The maximum Gasteiger partial charge on any atom is 0.342 e. The van der Waals surface area contributed by atoms with Gasteiger partial charge in [0.15, 0.2) is 0 Å². The van der Waals surface area contributed by atoms with Crippen LogP contribution in [0.5, 0.6) is 0 Å². The molecule has 1 unspecified atom stereocenters. The molecule has 0 amide bonds. The number of carboxylic acids is 1. The number of rotatable bonds is 8. The number of nitrogens with zero attached hydrogens (tertiary/aromatic N) is 1. The minimum atomic E-state index is -1.31. The molecule has 0 spiro atoms. The monoisotopic (exact) mass is 374 g/mol. The van der Waals surface area contributed by atoms with E-state index in [1.807, 2.05) is 24.3 Å². The highest BCUT2D eigenvalue weighted by atomic mass is 32.2. The lowest BCUT2D eigenvalue weighted by molar-refractivity contribution is -0.385. The summed E-state index contributed by atoms with van der Waals surface area (Å²) in [7, 11) is 0. The number of nitro groups is 1. The van der Waals surface area contributed by atoms with E-state index in [2.05, 4.69) is 25.5 Å². The Bertz CT molecular complexity index is 791. The lowest BCUT2D eigenvalue weighted by Crippen LogP contribution is -2.15. The molecule has 0 aromatic heterocycles. The number of hydrogen-bond donors (Lipinski definition) is 2. The van der Waals surface area contributed by atoms with Gasteiger partial charge in [-0.1, -0.05) is 63.1 Å². The zero-order valence-electron chi connectivity index (χ0n) is 14.9. The molecule has 0 aliphatic rings. The van der Waals surface area contributed by atoms with Crippen molar-refractivity contribution in [3.05, 3.63) is 63.7 Å². The Hall–Kier alpha value is -2.38. The summed E-state index contributed by atoms with van der Waals surface area (Å²) in [6, 6.07) is 12.0. The number of carbonyl (C=O) groups is 1. The molecule has 1 atom stereocenters. The quantitative estimate of drug-likeness (QED) is 0.395. The molecular weight excluding hydrogens is 352 g/mol. The number of nitro benzene ring substituents is 1. The smallest absolute Gasteiger partial charge is 0.342 e. The normalized spacial score (nSPS) is 12.2. The van der Waals surface area contributed by atoms with Crippen molar-refractivity contribution in [3.8, 4) is 11.1 Å². The fourth-order valence-corrected chi connectivity index (χ4v) is 3.18. The molecule has 26 heavy (non-hydrogen) atoms. The van der Waals surface area contributed by atoms with Gasteiger partial charge in [0, 0.05) is 17.9 Å². The van der Waals surface area contributed by atoms with Crippen LogP contribution in [0.25, 0.3) is 11.1 Å². The molecule has 0 saturated carbocycles. The zero-order valence-corrected chi connectivity index (χ0v) is 15.7. The Morgan fingerprint density at radius 3 is 2.31 bits per heavy atom. The first-order valence-corrected chi connectivity index (χ1v) is 9.18. The van der Waals surface area contributed by atoms with Crippen LogP contribution in [-0.4, -0.2) is 27.8 Å². The Morgan fingerprint density at radius 1 is 1.15 bits per heavy atom. The van der Waals surface area contributed by atoms with Gasteiger partial charge in [-0.15, -0.1) is 0 Å². The van der Waals surface area contributed by atoms with Crippen molar-refractivity contribution in [3.63, 3.8) is 0 Å². The lowest BCUT2D eigenvalue weighted by atomic mass is 9.97. The van der Waals surface area contributed by atoms with Gasteiger partial charge in [0.2, 0.25) is 0 Å². The standard InChI is InChI=1S/C19H22N2O4S/c1-12(2)26-20-11-13(3)14-4-6-15(7-5-14)16-8-9-17(19(22)23)18(10-16)21(24)25/h4-10,12-13,20H,11H2,1-3H3,(H,22,23). The van der Waals surface area contributed by atoms with Crippen LogP contribution in [0, 0.1) is 10.1 Å². The second kappa shape index (κ2) is 8.82. The predicted octanol–water partition coefficient (Wildman–Crippen LogP) is 4.71. The first kappa shape index (κ1) is 19.9. The van der Waals surface area contributed by atoms with E-state index >= 15 is 0 Å². The van der Waals surface area contributed by atoms with Gasteiger partial charge in [0.25, 0.3) is 5.69 Å². The van der Waals surface area contributed by atoms with Gasteiger partial charge >= 0.3 is 5.97 Å². The van der Waals surface area contributed by atoms with Gasteiger partial charge in [-0.2, -0.15) is 0 Å². The summed E-state index contributed by atoms with van der Waals surface area (Å²) >= 11 is 1.70. The molecule has 0 fully saturated rings. The Labute approximate surface area is 156 Å². The van der Waals surface area contributed by atoms with Gasteiger partial charge in [-0.3, -0.25) is 14.8 Å². The van der Waals surface area contributed by atoms with E-state index in [-0.39, 0.29) is 5.56 Å². The number of benzene rings is 2. The van der Waals surface area contributed by atoms with Crippen LogP contribution in [-0.2, 0) is 0 Å². The second-order valence-electron chi connectivity index (χ2n) is 6.33. The molecule has 7 heteroatoms. The molecule has 0 saturated heterocycles. The van der Waals surface area contributed by atoms with Crippen LogP contribution in [0.2, 0.25) is 0 Å². The Kier molecular flexibility index (Phi) is 6.76. The van der Waals surface area contributed by atoms with Crippen molar-refractivity contribution < 1.29 is 14.8 Å². The van der Waals surface area contributed by atoms with Crippen molar-refractivity contribution >= 4 is 23.6 Å². The van der Waals surface area contributed by atoms with Crippen LogP contribution >= 0.6 is 11.9 Å². The molecule has 6 nitrogen and oxygen atoms in total. The van der Waals surface area contributed by atoms with Crippen molar-refractivity contribution in [2.45, 2.75) is 31.9 Å². The Morgan fingerprint density at radius 2 is 1.77 bits per heavy atom. The van der Waals surface area contributed by atoms with E-state index in [4.69, 9.17) is 5.11 Å². The molecule has 0 aliphatic heterocycles. The van der Waals surface area contributed by atoms with E-state index in [1.54, 1.807) is 18.0 Å². The fourth-order valence-electron chi connectivity index (χ4n) is 2.50. The summed E-state index contributed by atoms with van der Waals surface area (Å²) < 4.78 is 3.35. The molecule has 2 N–H and O–H groups in total. The maximum atomic E-state index is 11.1. The van der Waals surface area contributed by atoms with Crippen LogP contribution < -0.4 is 4.72 Å². The van der Waals surface area contributed by atoms with Gasteiger partial charge in [0.05, 0.1) is 4.92 Å². The van der Waals surface area contributed by atoms with Crippen LogP contribution in [0.1, 0.15) is 42.6 Å². The first-order valence-electron chi connectivity index (χ1n) is 8.30. The van der Waals surface area contributed by atoms with Gasteiger partial charge in [-0.05, 0) is 28.7 Å². The molecule has 2 aromatic rings. The summed E-state index contributed by atoms with van der Waals surface area (Å²) in [5.74, 6) is -0.974. The van der Waals surface area contributed by atoms with E-state index in [9.17, 15) is 14.9 Å². The Balaban J connectivity index is 2.19. The van der Waals surface area contributed by atoms with Crippen LogP contribution in [0.4, 0.5) is 5.69 Å². The summed E-state index contributed by atoms with van der Waals surface area (Å²) in [5, 5.41) is 20.7. The molecule has 2 aromatic carbocycles. The number of nitrogens with one attached hydrogen (secondary N) is 1. The summed E-state index contributed by atoms with van der Waals surface area (Å²) in [4.78, 5) is 21.6. The highest BCUT2D eigenvalue weighted by molar-refractivity contribution is 7.97. The molecule has 0 radical (unpaired) electrons. The highest BCUT2D eigenvalue weighted by Crippen LogP contribution is 2.28. The topological polar surface area (TPSA) is 92.5 Å². The van der Waals surface area contributed by atoms with Crippen LogP contribution in [0.3, 0.4) is 0 Å². The maximum absolute atomic E-state index is 11.1. The van der Waals surface area contributed by atoms with Gasteiger partial charge in [-0.25, -0.2) is 4.79 Å². The lowest BCUT2D eigenvalue weighted by Gasteiger charge is -2.14. The second-order valence-corrected chi connectivity index (χ2v) is 7.80. The van der Waals surface area contributed by atoms with Gasteiger partial charge in [0.1, 0.15) is 5.56 Å². The minimum Gasteiger partial charge on any atom is -0.477 e. The minimum absolute atomic E-state index is 0.308. The van der Waals surface area contributed by atoms with E-state index in [0.717, 1.165) is 12.1 Å². The third-order valence-electron chi connectivity index (χ3n) is 3.95. The zero-order chi connectivity index (χ0) is 19.3. The fraction of sp³-hybridized carbons (Fsp3) is 0.316. The number of carboxylic acid groups (broad SMARTS) is 1. The average Bonchev–Trinajstić information content (AvgIpc) is 2.60. The number of hydrogen-bond acceptors (Lipinski definition) is 5. The highest BCUT2D eigenvalue weighted by Gasteiger charge is 2.20. The third-order valence-corrected chi connectivity index (χ3v) is 4.75. The van der Waals surface area contributed by atoms with Gasteiger partial charge < -0.3 is 5.11 Å². The van der Waals surface area contributed by atoms with Crippen LogP contribution in [0.15, 0.2) is 42.5 Å². The van der Waals surface area contributed by atoms with Crippen molar-refractivity contribution in [1.29, 1.82) is 0 Å². The molecular formula is C19H22N2O4S. The van der Waals surface area contributed by atoms with E-state index in [1.165, 1.54) is 17.7 Å². The van der Waals surface area contributed by atoms with Crippen molar-refractivity contribution in [2.75, 3.05) is 6.54 Å². The average molecular weight is 374 g/mol. The molecule has 0 heterocycles. The largest absolute Gasteiger partial charge is 0.477 e. The molecule has 138 valence electrons. The molecule has 0 bridgehead atoms. The summed E-state index contributed by atoms with van der Waals surface area (Å²) in [6.07, 6.45) is 0.